The largest absolute Gasteiger partial charge is 0.477 e. The average molecular weight is 340 g/mol. The Morgan fingerprint density at radius 3 is 2.33 bits per heavy atom. The third-order valence-electron chi connectivity index (χ3n) is 3.92. The second-order valence-corrected chi connectivity index (χ2v) is 7.14. The van der Waals surface area contributed by atoms with Crippen molar-refractivity contribution in [2.75, 3.05) is 0 Å². The molecule has 2 N–H and O–H groups in total. The number of carboxylic acid groups (broad SMARTS) is 1. The summed E-state index contributed by atoms with van der Waals surface area (Å²) in [5.41, 5.74) is 0.694. The molecule has 2 aromatic carbocycles. The molecule has 0 aliphatic heterocycles. The first-order chi connectivity index (χ1) is 11.5. The highest BCUT2D eigenvalue weighted by Gasteiger charge is 2.25. The molecule has 0 aliphatic carbocycles. The normalized spacial score (nSPS) is 12.0. The summed E-state index contributed by atoms with van der Waals surface area (Å²) in [5.74, 6) is -1.14. The Balaban J connectivity index is 2.15. The molecule has 0 atom stereocenters. The predicted octanol–water partition coefficient (Wildman–Crippen LogP) is 3.06. The zero-order chi connectivity index (χ0) is 16.9. The minimum Gasteiger partial charge on any atom is -0.477 e. The lowest BCUT2D eigenvalue weighted by Crippen LogP contribution is -2.13. The van der Waals surface area contributed by atoms with Crippen molar-refractivity contribution in [3.63, 3.8) is 0 Å². The smallest absolute Gasteiger partial charge is 0.352 e. The molecule has 4 rings (SSSR count). The first-order valence-corrected chi connectivity index (χ1v) is 8.60. The fourth-order valence-corrected chi connectivity index (χ4v) is 4.39. The maximum absolute atomic E-state index is 13.1. The van der Waals surface area contributed by atoms with Gasteiger partial charge in [0.2, 0.25) is 0 Å². The van der Waals surface area contributed by atoms with Crippen LogP contribution < -0.4 is 0 Å². The predicted molar refractivity (Wildman–Crippen MR) is 89.8 cm³/mol. The standard InChI is InChI=1S/C17H12N2O4S/c20-17(21)14-10-13-12-8-4-5-9-15(12)19(16(13)18-14)24(22,23)11-6-2-1-3-7-11/h1-10,18H,(H,20,21). The molecule has 7 heteroatoms. The highest BCUT2D eigenvalue weighted by atomic mass is 32.2. The summed E-state index contributed by atoms with van der Waals surface area (Å²) < 4.78 is 27.4. The van der Waals surface area contributed by atoms with E-state index in [-0.39, 0.29) is 16.2 Å². The summed E-state index contributed by atoms with van der Waals surface area (Å²) in [5, 5.41) is 10.4. The molecule has 0 fully saturated rings. The fraction of sp³-hybridized carbons (Fsp3) is 0. The van der Waals surface area contributed by atoms with Gasteiger partial charge in [0.25, 0.3) is 10.0 Å². The number of para-hydroxylation sites is 1. The number of carboxylic acids is 1. The van der Waals surface area contributed by atoms with Crippen molar-refractivity contribution in [2.45, 2.75) is 4.90 Å². The Labute approximate surface area is 137 Å². The molecule has 0 unspecified atom stereocenters. The number of aromatic amines is 1. The van der Waals surface area contributed by atoms with Gasteiger partial charge in [-0.2, -0.15) is 0 Å². The Bertz CT molecular complexity index is 1190. The monoisotopic (exact) mass is 340 g/mol. The van der Waals surface area contributed by atoms with E-state index in [4.69, 9.17) is 0 Å². The summed E-state index contributed by atoms with van der Waals surface area (Å²) in [6.07, 6.45) is 0. The number of H-pyrrole nitrogens is 1. The molecule has 2 heterocycles. The van der Waals surface area contributed by atoms with E-state index in [1.807, 2.05) is 0 Å². The summed E-state index contributed by atoms with van der Waals surface area (Å²) >= 11 is 0. The number of benzene rings is 2. The molecule has 0 spiro atoms. The molecule has 0 aliphatic rings. The topological polar surface area (TPSA) is 92.2 Å². The van der Waals surface area contributed by atoms with Gasteiger partial charge in [-0.15, -0.1) is 0 Å². The van der Waals surface area contributed by atoms with Crippen LogP contribution in [-0.4, -0.2) is 28.5 Å². The van der Waals surface area contributed by atoms with E-state index in [0.717, 1.165) is 0 Å². The van der Waals surface area contributed by atoms with Crippen molar-refractivity contribution in [1.29, 1.82) is 0 Å². The third-order valence-corrected chi connectivity index (χ3v) is 5.65. The van der Waals surface area contributed by atoms with Crippen LogP contribution in [0.3, 0.4) is 0 Å². The number of hydrogen-bond acceptors (Lipinski definition) is 3. The molecule has 0 saturated heterocycles. The SMILES string of the molecule is O=C(O)c1cc2c3ccccc3n(S(=O)(=O)c3ccccc3)c2[nH]1. The number of aromatic nitrogens is 2. The molecule has 24 heavy (non-hydrogen) atoms. The molecule has 0 radical (unpaired) electrons. The minimum absolute atomic E-state index is 0.0530. The second kappa shape index (κ2) is 4.97. The van der Waals surface area contributed by atoms with Crippen LogP contribution in [0.25, 0.3) is 21.9 Å². The van der Waals surface area contributed by atoms with Crippen molar-refractivity contribution < 1.29 is 18.3 Å². The molecule has 6 nitrogen and oxygen atoms in total. The summed E-state index contributed by atoms with van der Waals surface area (Å²) in [6, 6.07) is 16.5. The Morgan fingerprint density at radius 1 is 0.958 bits per heavy atom. The Morgan fingerprint density at radius 2 is 1.62 bits per heavy atom. The zero-order valence-corrected chi connectivity index (χ0v) is 13.1. The maximum atomic E-state index is 13.1. The number of carbonyl (C=O) groups is 1. The van der Waals surface area contributed by atoms with E-state index in [2.05, 4.69) is 4.98 Å². The number of hydrogen-bond donors (Lipinski definition) is 2. The lowest BCUT2D eigenvalue weighted by Gasteiger charge is -2.08. The minimum atomic E-state index is -3.87. The number of rotatable bonds is 3. The maximum Gasteiger partial charge on any atom is 0.352 e. The molecular formula is C17H12N2O4S. The van der Waals surface area contributed by atoms with Gasteiger partial charge in [-0.3, -0.25) is 0 Å². The van der Waals surface area contributed by atoms with Crippen molar-refractivity contribution in [2.24, 2.45) is 0 Å². The van der Waals surface area contributed by atoms with Crippen molar-refractivity contribution in [1.82, 2.24) is 8.96 Å². The lowest BCUT2D eigenvalue weighted by molar-refractivity contribution is 0.0691. The van der Waals surface area contributed by atoms with Crippen molar-refractivity contribution >= 4 is 37.9 Å². The molecule has 0 amide bonds. The number of aromatic carboxylic acids is 1. The van der Waals surface area contributed by atoms with Crippen LogP contribution in [0, 0.1) is 0 Å². The van der Waals surface area contributed by atoms with Gasteiger partial charge in [0, 0.05) is 10.8 Å². The number of nitrogens with one attached hydrogen (secondary N) is 1. The number of fused-ring (bicyclic) bond motifs is 3. The second-order valence-electron chi connectivity index (χ2n) is 5.35. The van der Waals surface area contributed by atoms with E-state index in [1.165, 1.54) is 22.2 Å². The fourth-order valence-electron chi connectivity index (χ4n) is 2.87. The van der Waals surface area contributed by atoms with Crippen molar-refractivity contribution in [3.05, 3.63) is 66.4 Å². The van der Waals surface area contributed by atoms with E-state index in [9.17, 15) is 18.3 Å². The van der Waals surface area contributed by atoms with Crippen molar-refractivity contribution in [3.8, 4) is 0 Å². The van der Waals surface area contributed by atoms with Gasteiger partial charge in [-0.1, -0.05) is 36.4 Å². The van der Waals surface area contributed by atoms with Crippen LogP contribution in [-0.2, 0) is 10.0 Å². The lowest BCUT2D eigenvalue weighted by atomic mass is 10.2. The van der Waals surface area contributed by atoms with Crippen LogP contribution in [0.15, 0.2) is 65.6 Å². The highest BCUT2D eigenvalue weighted by Crippen LogP contribution is 2.32. The van der Waals surface area contributed by atoms with Gasteiger partial charge in [-0.25, -0.2) is 17.2 Å². The molecule has 0 bridgehead atoms. The summed E-state index contributed by atoms with van der Waals surface area (Å²) in [6.45, 7) is 0. The van der Waals surface area contributed by atoms with Crippen LogP contribution in [0.1, 0.15) is 10.5 Å². The van der Waals surface area contributed by atoms with E-state index >= 15 is 0 Å². The number of nitrogens with zero attached hydrogens (tertiary/aromatic N) is 1. The zero-order valence-electron chi connectivity index (χ0n) is 12.3. The summed E-state index contributed by atoms with van der Waals surface area (Å²) in [7, 11) is -3.87. The molecular weight excluding hydrogens is 328 g/mol. The molecule has 0 saturated carbocycles. The molecule has 120 valence electrons. The van der Waals surface area contributed by atoms with Gasteiger partial charge in [0.15, 0.2) is 0 Å². The van der Waals surface area contributed by atoms with Crippen LogP contribution in [0.2, 0.25) is 0 Å². The summed E-state index contributed by atoms with van der Waals surface area (Å²) in [4.78, 5) is 14.1. The quantitative estimate of drug-likeness (QED) is 0.599. The molecule has 4 aromatic rings. The highest BCUT2D eigenvalue weighted by molar-refractivity contribution is 7.90. The van der Waals surface area contributed by atoms with Gasteiger partial charge in [0.1, 0.15) is 11.3 Å². The third kappa shape index (κ3) is 1.95. The first kappa shape index (κ1) is 14.5. The Kier molecular flexibility index (Phi) is 3.01. The van der Waals surface area contributed by atoms with Gasteiger partial charge >= 0.3 is 5.97 Å². The van der Waals surface area contributed by atoms with E-state index in [0.29, 0.717) is 16.3 Å². The van der Waals surface area contributed by atoms with Gasteiger partial charge in [0.05, 0.1) is 10.4 Å². The molecule has 2 aromatic heterocycles. The Hall–Kier alpha value is -3.06. The van der Waals surface area contributed by atoms with E-state index in [1.54, 1.807) is 42.5 Å². The van der Waals surface area contributed by atoms with E-state index < -0.39 is 16.0 Å². The van der Waals surface area contributed by atoms with Crippen LogP contribution in [0.5, 0.6) is 0 Å². The van der Waals surface area contributed by atoms with Gasteiger partial charge < -0.3 is 10.1 Å². The van der Waals surface area contributed by atoms with Crippen LogP contribution in [0.4, 0.5) is 0 Å². The van der Waals surface area contributed by atoms with Crippen LogP contribution >= 0.6 is 0 Å². The van der Waals surface area contributed by atoms with Gasteiger partial charge in [-0.05, 0) is 24.3 Å². The first-order valence-electron chi connectivity index (χ1n) is 7.16. The average Bonchev–Trinajstić information content (AvgIpc) is 3.12.